The van der Waals surface area contributed by atoms with E-state index < -0.39 is 67.2 Å². The van der Waals surface area contributed by atoms with Gasteiger partial charge in [-0.15, -0.1) is 0 Å². The van der Waals surface area contributed by atoms with Gasteiger partial charge in [-0.3, -0.25) is 9.59 Å². The normalized spacial score (nSPS) is 12.4. The number of carbonyl (C=O) groups is 4. The summed E-state index contributed by atoms with van der Waals surface area (Å²) in [5.74, 6) is -9.08. The fraction of sp³-hybridized carbons (Fsp3) is 0.191. The lowest BCUT2D eigenvalue weighted by atomic mass is 9.82. The Hall–Kier alpha value is -7.84. The van der Waals surface area contributed by atoms with Crippen LogP contribution in [0.25, 0.3) is 12.2 Å². The molecule has 352 valence electrons. The van der Waals surface area contributed by atoms with Gasteiger partial charge >= 0.3 is 24.3 Å². The van der Waals surface area contributed by atoms with E-state index in [1.165, 1.54) is 105 Å². The molecule has 14 nitrogen and oxygen atoms in total. The second-order valence-electron chi connectivity index (χ2n) is 14.3. The number of ketones is 2. The largest absolute Gasteiger partial charge is 0.493 e. The third-order valence-electron chi connectivity index (χ3n) is 9.39. The molecule has 5 aromatic rings. The Morgan fingerprint density at radius 1 is 0.597 bits per heavy atom. The SMILES string of the molecule is COc1cc(C(=O)Oc2ccc(C=CC(=O)CC(c3ccc(N)cc3N)C(O)(O)C(=O)C=Cc3ccc(OC(=O)c4ccc(OCC(F)(F)F)c(OC)c4)cc3)cc2)ccc1OCC(F)(F)F. The molecule has 6 N–H and O–H groups in total. The van der Waals surface area contributed by atoms with E-state index in [1.54, 1.807) is 0 Å². The molecule has 0 aliphatic carbocycles. The van der Waals surface area contributed by atoms with Gasteiger partial charge in [-0.05, 0) is 102 Å². The van der Waals surface area contributed by atoms with Crippen LogP contribution in [0.2, 0.25) is 0 Å². The molecule has 0 aliphatic heterocycles. The molecule has 67 heavy (non-hydrogen) atoms. The monoisotopic (exact) mass is 938 g/mol. The zero-order chi connectivity index (χ0) is 49.1. The molecule has 0 bridgehead atoms. The molecular weight excluding hydrogens is 899 g/mol. The fourth-order valence-corrected chi connectivity index (χ4v) is 6.08. The quantitative estimate of drug-likeness (QED) is 0.0155. The van der Waals surface area contributed by atoms with E-state index in [0.717, 1.165) is 36.4 Å². The third-order valence-corrected chi connectivity index (χ3v) is 9.39. The van der Waals surface area contributed by atoms with Crippen LogP contribution in [0.3, 0.4) is 0 Å². The number of halogens is 6. The predicted molar refractivity (Wildman–Crippen MR) is 230 cm³/mol. The van der Waals surface area contributed by atoms with Gasteiger partial charge in [0.1, 0.15) is 11.5 Å². The lowest BCUT2D eigenvalue weighted by Crippen LogP contribution is -2.44. The number of allylic oxidation sites excluding steroid dienone is 1. The zero-order valence-corrected chi connectivity index (χ0v) is 35.2. The summed E-state index contributed by atoms with van der Waals surface area (Å²) < 4.78 is 106. The summed E-state index contributed by atoms with van der Waals surface area (Å²) in [5, 5.41) is 22.7. The lowest BCUT2D eigenvalue weighted by Gasteiger charge is -2.30. The minimum absolute atomic E-state index is 0.0298. The van der Waals surface area contributed by atoms with Gasteiger partial charge < -0.3 is 50.1 Å². The van der Waals surface area contributed by atoms with Gasteiger partial charge in [-0.1, -0.05) is 42.5 Å². The molecule has 0 spiro atoms. The van der Waals surface area contributed by atoms with Gasteiger partial charge in [0, 0.05) is 17.8 Å². The maximum Gasteiger partial charge on any atom is 0.422 e. The summed E-state index contributed by atoms with van der Waals surface area (Å²) in [6.07, 6.45) is -5.22. The molecule has 1 unspecified atom stereocenters. The first-order chi connectivity index (χ1) is 31.5. The molecule has 0 saturated carbocycles. The van der Waals surface area contributed by atoms with E-state index >= 15 is 0 Å². The van der Waals surface area contributed by atoms with Crippen molar-refractivity contribution in [3.8, 4) is 34.5 Å². The number of nitrogen functional groups attached to an aromatic ring is 2. The van der Waals surface area contributed by atoms with Crippen molar-refractivity contribution in [3.63, 3.8) is 0 Å². The molecule has 1 atom stereocenters. The van der Waals surface area contributed by atoms with E-state index in [2.05, 4.69) is 0 Å². The minimum Gasteiger partial charge on any atom is -0.493 e. The van der Waals surface area contributed by atoms with Crippen LogP contribution in [0, 0.1) is 0 Å². The predicted octanol–water partition coefficient (Wildman–Crippen LogP) is 7.91. The molecule has 0 aliphatic rings. The Morgan fingerprint density at radius 3 is 1.46 bits per heavy atom. The average molecular weight is 939 g/mol. The van der Waals surface area contributed by atoms with Gasteiger partial charge in [-0.25, -0.2) is 9.59 Å². The second kappa shape index (κ2) is 21.4. The molecule has 0 radical (unpaired) electrons. The van der Waals surface area contributed by atoms with Gasteiger partial charge in [0.15, 0.2) is 42.0 Å². The number of benzene rings is 5. The number of nitrogens with two attached hydrogens (primary N) is 2. The highest BCUT2D eigenvalue weighted by Gasteiger charge is 2.43. The van der Waals surface area contributed by atoms with Crippen molar-refractivity contribution >= 4 is 47.0 Å². The van der Waals surface area contributed by atoms with Gasteiger partial charge in [-0.2, -0.15) is 26.3 Å². The second-order valence-corrected chi connectivity index (χ2v) is 14.3. The minimum atomic E-state index is -4.60. The molecule has 0 heterocycles. The number of methoxy groups -OCH3 is 2. The number of aliphatic hydroxyl groups is 2. The molecule has 0 amide bonds. The summed E-state index contributed by atoms with van der Waals surface area (Å²) in [6.45, 7) is -3.14. The van der Waals surface area contributed by atoms with Crippen molar-refractivity contribution in [3.05, 3.63) is 143 Å². The maximum atomic E-state index is 13.4. The Bertz CT molecular complexity index is 2650. The summed E-state index contributed by atoms with van der Waals surface area (Å²) >= 11 is 0. The van der Waals surface area contributed by atoms with Crippen LogP contribution in [0.1, 0.15) is 49.7 Å². The van der Waals surface area contributed by atoms with E-state index in [4.69, 9.17) is 39.9 Å². The smallest absolute Gasteiger partial charge is 0.422 e. The van der Waals surface area contributed by atoms with Crippen molar-refractivity contribution < 1.29 is 84.2 Å². The number of anilines is 2. The molecule has 5 aromatic carbocycles. The number of esters is 2. The van der Waals surface area contributed by atoms with Crippen LogP contribution in [0.5, 0.6) is 34.5 Å². The van der Waals surface area contributed by atoms with E-state index in [-0.39, 0.29) is 62.6 Å². The highest BCUT2D eigenvalue weighted by atomic mass is 19.4. The van der Waals surface area contributed by atoms with E-state index in [1.807, 2.05) is 0 Å². The Labute approximate surface area is 377 Å². The Balaban J connectivity index is 1.23. The van der Waals surface area contributed by atoms with Crippen molar-refractivity contribution in [2.75, 3.05) is 38.9 Å². The van der Waals surface area contributed by atoms with Crippen LogP contribution in [-0.2, 0) is 9.59 Å². The van der Waals surface area contributed by atoms with Crippen molar-refractivity contribution in [2.45, 2.75) is 30.5 Å². The average Bonchev–Trinajstić information content (AvgIpc) is 3.28. The Morgan fingerprint density at radius 2 is 1.04 bits per heavy atom. The van der Waals surface area contributed by atoms with Crippen LogP contribution in [0.15, 0.2) is 115 Å². The molecule has 5 rings (SSSR count). The van der Waals surface area contributed by atoms with Crippen LogP contribution in [-0.4, -0.2) is 79.3 Å². The number of alkyl halides is 6. The lowest BCUT2D eigenvalue weighted by molar-refractivity contribution is -0.187. The van der Waals surface area contributed by atoms with Crippen LogP contribution in [0.4, 0.5) is 37.7 Å². The molecule has 0 fully saturated rings. The first-order valence-electron chi connectivity index (χ1n) is 19.5. The maximum absolute atomic E-state index is 13.4. The molecule has 0 saturated heterocycles. The summed E-state index contributed by atoms with van der Waals surface area (Å²) in [6, 6.07) is 22.4. The van der Waals surface area contributed by atoms with Gasteiger partial charge in [0.25, 0.3) is 0 Å². The summed E-state index contributed by atoms with van der Waals surface area (Å²) in [7, 11) is 2.37. The molecular formula is C47H40F6N2O12. The highest BCUT2D eigenvalue weighted by molar-refractivity contribution is 6.01. The summed E-state index contributed by atoms with van der Waals surface area (Å²) in [4.78, 5) is 52.3. The van der Waals surface area contributed by atoms with Crippen LogP contribution < -0.4 is 39.9 Å². The Kier molecular flexibility index (Phi) is 16.0. The number of hydrogen-bond donors (Lipinski definition) is 4. The number of hydrogen-bond acceptors (Lipinski definition) is 14. The van der Waals surface area contributed by atoms with Crippen LogP contribution >= 0.6 is 0 Å². The van der Waals surface area contributed by atoms with Gasteiger partial charge in [0.05, 0.1) is 31.3 Å². The number of rotatable bonds is 19. The fourth-order valence-electron chi connectivity index (χ4n) is 6.08. The first kappa shape index (κ1) is 50.2. The van der Waals surface area contributed by atoms with E-state index in [0.29, 0.717) is 11.1 Å². The van der Waals surface area contributed by atoms with Gasteiger partial charge in [0.2, 0.25) is 11.6 Å². The van der Waals surface area contributed by atoms with Crippen molar-refractivity contribution in [2.24, 2.45) is 0 Å². The van der Waals surface area contributed by atoms with E-state index in [9.17, 15) is 55.7 Å². The standard InChI is InChI=1S/C47H40F6N2O12/c1-62-40-21-29(9-18-38(40)64-25-45(48,49)50)43(58)66-33-13-4-27(5-14-33)3-12-32(56)24-36(35-17-11-31(54)23-37(35)55)47(60,61)42(57)20-8-28-6-15-34(16-7-28)67-44(59)30-10-19-39(41(22-30)63-2)65-26-46(51,52)53/h3-23,36,60-61H,24-26,54-55H2,1-2H3. The highest BCUT2D eigenvalue weighted by Crippen LogP contribution is 2.37. The molecule has 20 heteroatoms. The number of carbonyl (C=O) groups excluding carboxylic acids is 4. The third kappa shape index (κ3) is 14.3. The van der Waals surface area contributed by atoms with Crippen molar-refractivity contribution in [1.82, 2.24) is 0 Å². The topological polar surface area (TPSA) is 216 Å². The molecule has 0 aromatic heterocycles. The zero-order valence-electron chi connectivity index (χ0n) is 35.2. The first-order valence-corrected chi connectivity index (χ1v) is 19.5. The summed E-state index contributed by atoms with van der Waals surface area (Å²) in [5.41, 5.74) is 12.9. The number of ether oxygens (including phenoxy) is 6. The van der Waals surface area contributed by atoms with Crippen molar-refractivity contribution in [1.29, 1.82) is 0 Å².